The second-order valence-corrected chi connectivity index (χ2v) is 3.29. The predicted molar refractivity (Wildman–Crippen MR) is 78.1 cm³/mol. The number of ether oxygens (including phenoxy) is 1. The third-order valence-corrected chi connectivity index (χ3v) is 2.13. The van der Waals surface area contributed by atoms with Gasteiger partial charge in [-0.25, -0.2) is 4.39 Å². The highest BCUT2D eigenvalue weighted by molar-refractivity contribution is 5.60. The van der Waals surface area contributed by atoms with Crippen molar-refractivity contribution in [1.29, 1.82) is 0 Å². The third kappa shape index (κ3) is 5.16. The standard InChI is InChI=1S/C12H11FO2.2C2H6/c1-8-3-4-12(15-8)9-5-10(13)7-11(6-9)14-2;2*1-2/h3-7H,1-2H3;2*1-2H3. The largest absolute Gasteiger partial charge is 0.497 e. The van der Waals surface area contributed by atoms with Crippen LogP contribution in [0.5, 0.6) is 5.75 Å². The van der Waals surface area contributed by atoms with E-state index in [2.05, 4.69) is 0 Å². The maximum Gasteiger partial charge on any atom is 0.134 e. The maximum absolute atomic E-state index is 13.2. The second-order valence-electron chi connectivity index (χ2n) is 3.29. The lowest BCUT2D eigenvalue weighted by Crippen LogP contribution is -1.85. The molecule has 0 amide bonds. The molecule has 2 aromatic rings. The van der Waals surface area contributed by atoms with Gasteiger partial charge in [0.15, 0.2) is 0 Å². The van der Waals surface area contributed by atoms with Crippen LogP contribution in [0.1, 0.15) is 33.5 Å². The van der Waals surface area contributed by atoms with E-state index in [1.165, 1.54) is 19.2 Å². The Balaban J connectivity index is 0.000000741. The topological polar surface area (TPSA) is 22.4 Å². The Morgan fingerprint density at radius 3 is 2.11 bits per heavy atom. The molecule has 3 heteroatoms. The summed E-state index contributed by atoms with van der Waals surface area (Å²) in [4.78, 5) is 0. The molecule has 0 radical (unpaired) electrons. The van der Waals surface area contributed by atoms with E-state index in [9.17, 15) is 4.39 Å². The molecule has 0 N–H and O–H groups in total. The van der Waals surface area contributed by atoms with E-state index in [1.807, 2.05) is 46.8 Å². The van der Waals surface area contributed by atoms with Crippen molar-refractivity contribution < 1.29 is 13.5 Å². The summed E-state index contributed by atoms with van der Waals surface area (Å²) in [5.74, 6) is 1.59. The van der Waals surface area contributed by atoms with Crippen molar-refractivity contribution in [3.63, 3.8) is 0 Å². The first-order valence-electron chi connectivity index (χ1n) is 6.60. The highest BCUT2D eigenvalue weighted by Gasteiger charge is 2.06. The summed E-state index contributed by atoms with van der Waals surface area (Å²) < 4.78 is 23.6. The highest BCUT2D eigenvalue weighted by atomic mass is 19.1. The Morgan fingerprint density at radius 1 is 1.00 bits per heavy atom. The molecule has 0 fully saturated rings. The number of benzene rings is 1. The van der Waals surface area contributed by atoms with E-state index in [1.54, 1.807) is 6.07 Å². The fraction of sp³-hybridized carbons (Fsp3) is 0.375. The lowest BCUT2D eigenvalue weighted by molar-refractivity contribution is 0.411. The lowest BCUT2D eigenvalue weighted by Gasteiger charge is -2.02. The average molecular weight is 266 g/mol. The summed E-state index contributed by atoms with van der Waals surface area (Å²) in [6.07, 6.45) is 0. The van der Waals surface area contributed by atoms with E-state index in [-0.39, 0.29) is 5.82 Å². The number of hydrogen-bond donors (Lipinski definition) is 0. The minimum atomic E-state index is -0.335. The number of methoxy groups -OCH3 is 1. The minimum Gasteiger partial charge on any atom is -0.497 e. The van der Waals surface area contributed by atoms with Gasteiger partial charge in [0.1, 0.15) is 23.1 Å². The van der Waals surface area contributed by atoms with Crippen molar-refractivity contribution in [2.75, 3.05) is 7.11 Å². The average Bonchev–Trinajstić information content (AvgIpc) is 2.89. The summed E-state index contributed by atoms with van der Waals surface area (Å²) >= 11 is 0. The molecule has 19 heavy (non-hydrogen) atoms. The smallest absolute Gasteiger partial charge is 0.134 e. The van der Waals surface area contributed by atoms with Crippen LogP contribution in [-0.4, -0.2) is 7.11 Å². The first-order valence-corrected chi connectivity index (χ1v) is 6.60. The van der Waals surface area contributed by atoms with Gasteiger partial charge in [-0.2, -0.15) is 0 Å². The normalized spacial score (nSPS) is 8.79. The van der Waals surface area contributed by atoms with Crippen molar-refractivity contribution in [2.24, 2.45) is 0 Å². The minimum absolute atomic E-state index is 0.335. The first kappa shape index (κ1) is 17.2. The van der Waals surface area contributed by atoms with E-state index in [4.69, 9.17) is 9.15 Å². The molecule has 0 saturated carbocycles. The van der Waals surface area contributed by atoms with Crippen molar-refractivity contribution in [3.8, 4) is 17.1 Å². The summed E-state index contributed by atoms with van der Waals surface area (Å²) in [7, 11) is 1.51. The van der Waals surface area contributed by atoms with E-state index in [0.717, 1.165) is 5.76 Å². The van der Waals surface area contributed by atoms with Crippen LogP contribution in [0.25, 0.3) is 11.3 Å². The summed E-state index contributed by atoms with van der Waals surface area (Å²) in [6.45, 7) is 9.85. The molecule has 0 saturated heterocycles. The van der Waals surface area contributed by atoms with Gasteiger partial charge in [-0.15, -0.1) is 0 Å². The number of hydrogen-bond acceptors (Lipinski definition) is 2. The Labute approximate surface area is 115 Å². The predicted octanol–water partition coefficient (Wildman–Crippen LogP) is 5.46. The van der Waals surface area contributed by atoms with Crippen LogP contribution in [0.2, 0.25) is 0 Å². The number of halogens is 1. The summed E-state index contributed by atoms with van der Waals surface area (Å²) in [5.41, 5.74) is 0.681. The van der Waals surface area contributed by atoms with Crippen LogP contribution in [0.4, 0.5) is 4.39 Å². The van der Waals surface area contributed by atoms with Crippen molar-refractivity contribution in [3.05, 3.63) is 41.9 Å². The van der Waals surface area contributed by atoms with Crippen LogP contribution in [0, 0.1) is 12.7 Å². The lowest BCUT2D eigenvalue weighted by atomic mass is 10.1. The zero-order valence-corrected chi connectivity index (χ0v) is 12.6. The van der Waals surface area contributed by atoms with E-state index >= 15 is 0 Å². The van der Waals surface area contributed by atoms with Crippen LogP contribution in [0.3, 0.4) is 0 Å². The molecule has 0 aliphatic heterocycles. The van der Waals surface area contributed by atoms with Gasteiger partial charge in [-0.1, -0.05) is 27.7 Å². The van der Waals surface area contributed by atoms with Gasteiger partial charge in [-0.05, 0) is 31.2 Å². The van der Waals surface area contributed by atoms with Crippen molar-refractivity contribution in [1.82, 2.24) is 0 Å². The number of aryl methyl sites for hydroxylation is 1. The quantitative estimate of drug-likeness (QED) is 0.720. The van der Waals surface area contributed by atoms with Crippen molar-refractivity contribution in [2.45, 2.75) is 34.6 Å². The molecular formula is C16H23FO2. The Bertz CT molecular complexity index is 475. The van der Waals surface area contributed by atoms with Crippen LogP contribution in [0.15, 0.2) is 34.7 Å². The Kier molecular flexibility index (Phi) is 8.34. The maximum atomic E-state index is 13.2. The fourth-order valence-electron chi connectivity index (χ4n) is 1.41. The van der Waals surface area contributed by atoms with Crippen LogP contribution < -0.4 is 4.74 Å². The van der Waals surface area contributed by atoms with Gasteiger partial charge < -0.3 is 9.15 Å². The molecule has 2 nitrogen and oxygen atoms in total. The second kappa shape index (κ2) is 9.20. The number of furan rings is 1. The monoisotopic (exact) mass is 266 g/mol. The molecule has 0 atom stereocenters. The molecule has 1 heterocycles. The van der Waals surface area contributed by atoms with Gasteiger partial charge in [0.2, 0.25) is 0 Å². The van der Waals surface area contributed by atoms with Gasteiger partial charge in [-0.3, -0.25) is 0 Å². The molecular weight excluding hydrogens is 243 g/mol. The van der Waals surface area contributed by atoms with Crippen LogP contribution in [-0.2, 0) is 0 Å². The molecule has 0 spiro atoms. The molecule has 0 aliphatic carbocycles. The molecule has 2 rings (SSSR count). The summed E-state index contributed by atoms with van der Waals surface area (Å²) in [6, 6.07) is 8.14. The van der Waals surface area contributed by atoms with Gasteiger partial charge in [0.25, 0.3) is 0 Å². The Hall–Kier alpha value is -1.77. The van der Waals surface area contributed by atoms with Gasteiger partial charge in [0, 0.05) is 11.6 Å². The zero-order valence-electron chi connectivity index (χ0n) is 12.6. The summed E-state index contributed by atoms with van der Waals surface area (Å²) in [5, 5.41) is 0. The van der Waals surface area contributed by atoms with Crippen molar-refractivity contribution >= 4 is 0 Å². The molecule has 0 bridgehead atoms. The molecule has 1 aromatic heterocycles. The highest BCUT2D eigenvalue weighted by Crippen LogP contribution is 2.26. The molecule has 1 aromatic carbocycles. The zero-order chi connectivity index (χ0) is 14.8. The molecule has 106 valence electrons. The fourth-order valence-corrected chi connectivity index (χ4v) is 1.41. The number of rotatable bonds is 2. The molecule has 0 aliphatic rings. The third-order valence-electron chi connectivity index (χ3n) is 2.13. The van der Waals surface area contributed by atoms with Crippen LogP contribution >= 0.6 is 0 Å². The Morgan fingerprint density at radius 2 is 1.63 bits per heavy atom. The van der Waals surface area contributed by atoms with E-state index < -0.39 is 0 Å². The first-order chi connectivity index (χ1) is 9.19. The molecule has 0 unspecified atom stereocenters. The van der Waals surface area contributed by atoms with Gasteiger partial charge >= 0.3 is 0 Å². The van der Waals surface area contributed by atoms with Gasteiger partial charge in [0.05, 0.1) is 7.11 Å². The van der Waals surface area contributed by atoms with E-state index in [0.29, 0.717) is 17.1 Å². The SMILES string of the molecule is CC.CC.COc1cc(F)cc(-c2ccc(C)o2)c1.